The molecule has 6 rings (SSSR count). The van der Waals surface area contributed by atoms with Crippen molar-refractivity contribution in [3.05, 3.63) is 57.6 Å². The van der Waals surface area contributed by atoms with Gasteiger partial charge in [0.25, 0.3) is 5.56 Å². The minimum atomic E-state index is -3.78. The second-order valence-corrected chi connectivity index (χ2v) is 11.6. The molecule has 1 saturated carbocycles. The molecular formula is C25H25N5O4S. The van der Waals surface area contributed by atoms with Crippen LogP contribution < -0.4 is 15.0 Å². The van der Waals surface area contributed by atoms with E-state index in [0.717, 1.165) is 49.7 Å². The van der Waals surface area contributed by atoms with Crippen molar-refractivity contribution in [3.63, 3.8) is 0 Å². The van der Waals surface area contributed by atoms with Gasteiger partial charge in [-0.3, -0.25) is 9.52 Å². The lowest BCUT2D eigenvalue weighted by Gasteiger charge is -2.54. The average Bonchev–Trinajstić information content (AvgIpc) is 3.23. The number of aromatic nitrogens is 2. The van der Waals surface area contributed by atoms with E-state index in [2.05, 4.69) is 15.8 Å². The van der Waals surface area contributed by atoms with Gasteiger partial charge >= 0.3 is 10.2 Å². The number of hydrogen-bond acceptors (Lipinski definition) is 6. The van der Waals surface area contributed by atoms with E-state index in [9.17, 15) is 18.5 Å². The molecule has 2 fully saturated rings. The molecular weight excluding hydrogens is 466 g/mol. The Balaban J connectivity index is 1.37. The van der Waals surface area contributed by atoms with Crippen molar-refractivity contribution in [2.45, 2.75) is 38.5 Å². The molecule has 1 N–H and O–H groups in total. The maximum Gasteiger partial charge on any atom is 0.301 e. The fourth-order valence-corrected chi connectivity index (χ4v) is 6.91. The molecule has 2 aliphatic carbocycles. The van der Waals surface area contributed by atoms with Gasteiger partial charge in [0.15, 0.2) is 5.75 Å². The normalized spacial score (nSPS) is 18.5. The van der Waals surface area contributed by atoms with E-state index in [-0.39, 0.29) is 22.2 Å². The van der Waals surface area contributed by atoms with E-state index in [1.54, 1.807) is 31.3 Å². The summed E-state index contributed by atoms with van der Waals surface area (Å²) in [5, 5.41) is 10.5. The predicted octanol–water partition coefficient (Wildman–Crippen LogP) is 3.23. The highest BCUT2D eigenvalue weighted by Crippen LogP contribution is 2.49. The highest BCUT2D eigenvalue weighted by atomic mass is 32.2. The first-order valence-electron chi connectivity index (χ1n) is 11.8. The van der Waals surface area contributed by atoms with Crippen LogP contribution in [-0.4, -0.2) is 35.4 Å². The predicted molar refractivity (Wildman–Crippen MR) is 131 cm³/mol. The van der Waals surface area contributed by atoms with Crippen LogP contribution >= 0.6 is 0 Å². The third kappa shape index (κ3) is 3.58. The van der Waals surface area contributed by atoms with Crippen LogP contribution in [0.2, 0.25) is 0 Å². The minimum absolute atomic E-state index is 0.146. The number of nitrogens with one attached hydrogen (secondary N) is 1. The number of fused-ring (bicyclic) bond motifs is 2. The Hall–Kier alpha value is -3.42. The Labute approximate surface area is 203 Å². The zero-order valence-corrected chi connectivity index (χ0v) is 20.2. The lowest BCUT2D eigenvalue weighted by molar-refractivity contribution is -0.00752. The molecule has 2 heterocycles. The Morgan fingerprint density at radius 3 is 2.69 bits per heavy atom. The van der Waals surface area contributed by atoms with E-state index in [1.807, 2.05) is 0 Å². The maximum absolute atomic E-state index is 13.1. The van der Waals surface area contributed by atoms with Crippen LogP contribution in [0.15, 0.2) is 35.4 Å². The zero-order chi connectivity index (χ0) is 24.4. The molecule has 180 valence electrons. The Bertz CT molecular complexity index is 1580. The number of nitrogens with zero attached hydrogens (tertiary/aromatic N) is 4. The summed E-state index contributed by atoms with van der Waals surface area (Å²) >= 11 is 0. The van der Waals surface area contributed by atoms with Crippen molar-refractivity contribution in [2.24, 2.45) is 12.5 Å². The Morgan fingerprint density at radius 1 is 1.17 bits per heavy atom. The smallest absolute Gasteiger partial charge is 0.301 e. The van der Waals surface area contributed by atoms with Crippen LogP contribution in [-0.2, 0) is 30.1 Å². The number of aryl methyl sites for hydroxylation is 2. The summed E-state index contributed by atoms with van der Waals surface area (Å²) in [5.74, 6) is 0.738. The maximum atomic E-state index is 13.1. The van der Waals surface area contributed by atoms with Crippen molar-refractivity contribution in [1.82, 2.24) is 13.9 Å². The number of ether oxygens (including phenoxy) is 1. The molecule has 1 saturated heterocycles. The van der Waals surface area contributed by atoms with Crippen molar-refractivity contribution in [2.75, 3.05) is 17.8 Å². The SMILES string of the molecule is Cn1cnc2ccc(Oc3c(C#N)c(NS(=O)(=O)N4CC5(CCC5)C4)cc4c3CCC4)cc2c1=O. The quantitative estimate of drug-likeness (QED) is 0.586. The Morgan fingerprint density at radius 2 is 1.97 bits per heavy atom. The first-order chi connectivity index (χ1) is 16.8. The fraction of sp³-hybridized carbons (Fsp3) is 0.400. The van der Waals surface area contributed by atoms with Gasteiger partial charge in [-0.1, -0.05) is 6.42 Å². The summed E-state index contributed by atoms with van der Waals surface area (Å²) in [6, 6.07) is 8.94. The van der Waals surface area contributed by atoms with Crippen LogP contribution in [0.1, 0.15) is 42.4 Å². The Kier molecular flexibility index (Phi) is 4.92. The van der Waals surface area contributed by atoms with E-state index < -0.39 is 10.2 Å². The lowest BCUT2D eigenvalue weighted by atomic mass is 9.65. The van der Waals surface area contributed by atoms with E-state index in [4.69, 9.17) is 4.74 Å². The van der Waals surface area contributed by atoms with Gasteiger partial charge in [-0.2, -0.15) is 18.0 Å². The van der Waals surface area contributed by atoms with Crippen LogP contribution in [0.3, 0.4) is 0 Å². The monoisotopic (exact) mass is 491 g/mol. The number of hydrogen-bond donors (Lipinski definition) is 1. The highest BCUT2D eigenvalue weighted by molar-refractivity contribution is 7.90. The van der Waals surface area contributed by atoms with Gasteiger partial charge in [-0.15, -0.1) is 0 Å². The molecule has 0 radical (unpaired) electrons. The molecule has 1 aliphatic heterocycles. The molecule has 0 atom stereocenters. The van der Waals surface area contributed by atoms with Gasteiger partial charge in [0, 0.05) is 20.1 Å². The summed E-state index contributed by atoms with van der Waals surface area (Å²) in [4.78, 5) is 16.8. The molecule has 2 aromatic carbocycles. The molecule has 1 aromatic heterocycles. The molecule has 3 aliphatic rings. The van der Waals surface area contributed by atoms with Gasteiger partial charge in [0.1, 0.15) is 17.4 Å². The largest absolute Gasteiger partial charge is 0.456 e. The number of rotatable bonds is 5. The molecule has 9 nitrogen and oxygen atoms in total. The van der Waals surface area contributed by atoms with Crippen LogP contribution in [0, 0.1) is 16.7 Å². The topological polar surface area (TPSA) is 117 Å². The highest BCUT2D eigenvalue weighted by Gasteiger charge is 2.51. The standard InChI is InChI=1S/C25H25N5O4S/c1-29-15-27-21-7-6-17(11-19(21)24(29)31)34-23-18-5-2-4-16(18)10-22(20(23)12-26)28-35(32,33)30-13-25(14-30)8-3-9-25/h6-7,10-11,15,28H,2-5,8-9,13-14H2,1H3. The van der Waals surface area contributed by atoms with Gasteiger partial charge < -0.3 is 9.30 Å². The molecule has 0 unspecified atom stereocenters. The summed E-state index contributed by atoms with van der Waals surface area (Å²) in [7, 11) is -2.15. The fourth-order valence-electron chi connectivity index (χ4n) is 5.45. The van der Waals surface area contributed by atoms with Crippen LogP contribution in [0.4, 0.5) is 5.69 Å². The minimum Gasteiger partial charge on any atom is -0.456 e. The second-order valence-electron chi connectivity index (χ2n) is 9.90. The average molecular weight is 492 g/mol. The van der Waals surface area contributed by atoms with Gasteiger partial charge in [0.2, 0.25) is 0 Å². The summed E-state index contributed by atoms with van der Waals surface area (Å²) in [6.07, 6.45) is 7.17. The van der Waals surface area contributed by atoms with Crippen molar-refractivity contribution in [3.8, 4) is 17.6 Å². The van der Waals surface area contributed by atoms with Gasteiger partial charge in [-0.05, 0) is 72.9 Å². The number of benzene rings is 2. The third-order valence-corrected chi connectivity index (χ3v) is 9.00. The van der Waals surface area contributed by atoms with Crippen LogP contribution in [0.25, 0.3) is 10.9 Å². The first-order valence-corrected chi connectivity index (χ1v) is 13.2. The second kappa shape index (κ2) is 7.80. The number of anilines is 1. The lowest BCUT2D eigenvalue weighted by Crippen LogP contribution is -2.62. The molecule has 0 amide bonds. The van der Waals surface area contributed by atoms with Gasteiger partial charge in [-0.25, -0.2) is 4.98 Å². The molecule has 3 aromatic rings. The number of nitriles is 1. The molecule has 35 heavy (non-hydrogen) atoms. The molecule has 0 bridgehead atoms. The molecule has 10 heteroatoms. The van der Waals surface area contributed by atoms with Crippen molar-refractivity contribution < 1.29 is 13.2 Å². The van der Waals surface area contributed by atoms with Crippen molar-refractivity contribution >= 4 is 26.8 Å². The summed E-state index contributed by atoms with van der Waals surface area (Å²) in [5.41, 5.74) is 2.75. The van der Waals surface area contributed by atoms with Crippen molar-refractivity contribution in [1.29, 1.82) is 5.26 Å². The summed E-state index contributed by atoms with van der Waals surface area (Å²) < 4.78 is 37.9. The summed E-state index contributed by atoms with van der Waals surface area (Å²) in [6.45, 7) is 1.05. The third-order valence-electron chi connectivity index (χ3n) is 7.59. The molecule has 1 spiro atoms. The zero-order valence-electron chi connectivity index (χ0n) is 19.4. The van der Waals surface area contributed by atoms with E-state index >= 15 is 0 Å². The van der Waals surface area contributed by atoms with E-state index in [1.165, 1.54) is 15.2 Å². The van der Waals surface area contributed by atoms with E-state index in [0.29, 0.717) is 35.5 Å². The first kappa shape index (κ1) is 22.1. The van der Waals surface area contributed by atoms with Crippen LogP contribution in [0.5, 0.6) is 11.5 Å². The van der Waals surface area contributed by atoms with Gasteiger partial charge in [0.05, 0.1) is 22.9 Å².